The van der Waals surface area contributed by atoms with Crippen LogP contribution in [0.2, 0.25) is 0 Å². The first-order valence-electron chi connectivity index (χ1n) is 10.3. The van der Waals surface area contributed by atoms with Gasteiger partial charge in [0.2, 0.25) is 5.91 Å². The van der Waals surface area contributed by atoms with E-state index in [9.17, 15) is 9.59 Å². The summed E-state index contributed by atoms with van der Waals surface area (Å²) in [5, 5.41) is 0. The highest BCUT2D eigenvalue weighted by Crippen LogP contribution is 2.32. The van der Waals surface area contributed by atoms with Crippen molar-refractivity contribution in [3.63, 3.8) is 0 Å². The second kappa shape index (κ2) is 8.33. The number of fused-ring (bicyclic) bond motifs is 1. The number of hydrogen-bond acceptors (Lipinski definition) is 4. The van der Waals surface area contributed by atoms with E-state index in [4.69, 9.17) is 5.73 Å². The molecule has 152 valence electrons. The monoisotopic (exact) mass is 392 g/mol. The Hall–Kier alpha value is -2.73. The second-order valence-corrected chi connectivity index (χ2v) is 8.26. The molecule has 0 radical (unpaired) electrons. The molecule has 3 heterocycles. The molecule has 2 aliphatic rings. The maximum Gasteiger partial charge on any atom is 0.256 e. The van der Waals surface area contributed by atoms with E-state index < -0.39 is 5.91 Å². The molecule has 0 saturated carbocycles. The molecular formula is C23H28N4O2. The van der Waals surface area contributed by atoms with E-state index in [0.29, 0.717) is 23.1 Å². The number of likely N-dealkylation sites (tertiary alicyclic amines) is 2. The van der Waals surface area contributed by atoms with Crippen LogP contribution in [0, 0.1) is 18.8 Å². The Labute approximate surface area is 171 Å². The van der Waals surface area contributed by atoms with Crippen molar-refractivity contribution < 1.29 is 9.59 Å². The minimum absolute atomic E-state index is 0.116. The minimum Gasteiger partial charge on any atom is -0.366 e. The van der Waals surface area contributed by atoms with E-state index >= 15 is 0 Å². The lowest BCUT2D eigenvalue weighted by Crippen LogP contribution is -2.35. The smallest absolute Gasteiger partial charge is 0.256 e. The number of rotatable bonds is 6. The number of amides is 2. The average molecular weight is 393 g/mol. The van der Waals surface area contributed by atoms with Gasteiger partial charge in [-0.05, 0) is 49.8 Å². The first-order valence-corrected chi connectivity index (χ1v) is 10.3. The average Bonchev–Trinajstić information content (AvgIpc) is 3.27. The zero-order valence-corrected chi connectivity index (χ0v) is 16.9. The highest BCUT2D eigenvalue weighted by atomic mass is 16.2. The van der Waals surface area contributed by atoms with Crippen molar-refractivity contribution in [2.75, 3.05) is 32.7 Å². The number of aryl methyl sites for hydroxylation is 2. The Morgan fingerprint density at radius 2 is 1.76 bits per heavy atom. The van der Waals surface area contributed by atoms with Gasteiger partial charge in [0.1, 0.15) is 0 Å². The van der Waals surface area contributed by atoms with Crippen LogP contribution in [0.5, 0.6) is 0 Å². The van der Waals surface area contributed by atoms with Crippen molar-refractivity contribution in [2.45, 2.75) is 19.8 Å². The van der Waals surface area contributed by atoms with Crippen molar-refractivity contribution in [3.05, 3.63) is 65.0 Å². The van der Waals surface area contributed by atoms with Gasteiger partial charge in [0.05, 0.1) is 16.8 Å². The summed E-state index contributed by atoms with van der Waals surface area (Å²) in [5.74, 6) is 0.312. The van der Waals surface area contributed by atoms with E-state index in [1.807, 2.05) is 4.90 Å². The van der Waals surface area contributed by atoms with Gasteiger partial charge in [-0.2, -0.15) is 0 Å². The number of benzene rings is 1. The zero-order chi connectivity index (χ0) is 20.4. The number of hydrogen-bond donors (Lipinski definition) is 1. The molecule has 6 nitrogen and oxygen atoms in total. The molecule has 2 fully saturated rings. The van der Waals surface area contributed by atoms with Gasteiger partial charge in [-0.1, -0.05) is 30.3 Å². The number of nitrogens with zero attached hydrogens (tertiary/aromatic N) is 3. The van der Waals surface area contributed by atoms with Gasteiger partial charge in [0.15, 0.2) is 0 Å². The highest BCUT2D eigenvalue weighted by Gasteiger charge is 2.42. The molecule has 2 atom stereocenters. The third-order valence-electron chi connectivity index (χ3n) is 6.25. The van der Waals surface area contributed by atoms with Crippen LogP contribution >= 0.6 is 0 Å². The molecule has 0 aliphatic carbocycles. The SMILES string of the molecule is Cc1nccc(C(N)=O)c1C(=O)N1CC2CN(CCCc3ccccc3)C[C@H]2C1. The molecule has 2 amide bonds. The predicted octanol–water partition coefficient (Wildman–Crippen LogP) is 2.13. The van der Waals surface area contributed by atoms with Crippen molar-refractivity contribution in [3.8, 4) is 0 Å². The minimum atomic E-state index is -0.581. The lowest BCUT2D eigenvalue weighted by Gasteiger charge is -2.22. The maximum atomic E-state index is 13.1. The second-order valence-electron chi connectivity index (χ2n) is 8.26. The molecule has 2 N–H and O–H groups in total. The number of pyridine rings is 1. The Morgan fingerprint density at radius 1 is 1.07 bits per heavy atom. The number of nitrogens with two attached hydrogens (primary N) is 1. The van der Waals surface area contributed by atoms with Gasteiger partial charge in [-0.3, -0.25) is 14.6 Å². The summed E-state index contributed by atoms with van der Waals surface area (Å²) in [4.78, 5) is 33.5. The number of aromatic nitrogens is 1. The molecule has 2 aliphatic heterocycles. The standard InChI is InChI=1S/C23H28N4O2/c1-16-21(20(22(24)28)9-10-25-16)23(29)27-14-18-12-26(13-19(18)15-27)11-5-8-17-6-3-2-4-7-17/h2-4,6-7,9-10,18-19H,5,8,11-15H2,1H3,(H2,24,28)/t18-,19?/m0/s1. The van der Waals surface area contributed by atoms with Gasteiger partial charge in [-0.15, -0.1) is 0 Å². The number of primary amides is 1. The fourth-order valence-electron chi connectivity index (χ4n) is 4.79. The predicted molar refractivity (Wildman–Crippen MR) is 112 cm³/mol. The van der Waals surface area contributed by atoms with Crippen LogP contribution in [0.4, 0.5) is 0 Å². The molecule has 1 aromatic heterocycles. The first kappa shape index (κ1) is 19.6. The Balaban J connectivity index is 1.32. The summed E-state index contributed by atoms with van der Waals surface area (Å²) >= 11 is 0. The fourth-order valence-corrected chi connectivity index (χ4v) is 4.79. The largest absolute Gasteiger partial charge is 0.366 e. The summed E-state index contributed by atoms with van der Waals surface area (Å²) in [6.45, 7) is 6.42. The molecule has 0 bridgehead atoms. The number of carbonyl (C=O) groups is 2. The molecule has 2 aromatic rings. The summed E-state index contributed by atoms with van der Waals surface area (Å²) in [6.07, 6.45) is 3.79. The molecule has 0 spiro atoms. The lowest BCUT2D eigenvalue weighted by molar-refractivity contribution is 0.0767. The quantitative estimate of drug-likeness (QED) is 0.817. The Morgan fingerprint density at radius 3 is 2.41 bits per heavy atom. The third kappa shape index (κ3) is 4.17. The van der Waals surface area contributed by atoms with Gasteiger partial charge >= 0.3 is 0 Å². The first-order chi connectivity index (χ1) is 14.0. The zero-order valence-electron chi connectivity index (χ0n) is 16.9. The van der Waals surface area contributed by atoms with Crippen LogP contribution in [0.25, 0.3) is 0 Å². The van der Waals surface area contributed by atoms with Gasteiger partial charge < -0.3 is 15.5 Å². The summed E-state index contributed by atoms with van der Waals surface area (Å²) in [5.41, 5.74) is 8.05. The highest BCUT2D eigenvalue weighted by molar-refractivity contribution is 6.07. The van der Waals surface area contributed by atoms with E-state index in [1.165, 1.54) is 17.8 Å². The van der Waals surface area contributed by atoms with Crippen molar-refractivity contribution in [1.82, 2.24) is 14.8 Å². The van der Waals surface area contributed by atoms with Crippen LogP contribution in [0.1, 0.15) is 38.4 Å². The molecular weight excluding hydrogens is 364 g/mol. The molecule has 4 rings (SSSR count). The Kier molecular flexibility index (Phi) is 5.62. The topological polar surface area (TPSA) is 79.5 Å². The van der Waals surface area contributed by atoms with E-state index in [2.05, 4.69) is 40.2 Å². The molecule has 1 unspecified atom stereocenters. The summed E-state index contributed by atoms with van der Waals surface area (Å²) in [7, 11) is 0. The normalized spacial score (nSPS) is 21.3. The Bertz CT molecular complexity index is 885. The lowest BCUT2D eigenvalue weighted by atomic mass is 10.0. The van der Waals surface area contributed by atoms with Crippen LogP contribution in [-0.4, -0.2) is 59.3 Å². The third-order valence-corrected chi connectivity index (χ3v) is 6.25. The van der Waals surface area contributed by atoms with Crippen molar-refractivity contribution in [1.29, 1.82) is 0 Å². The van der Waals surface area contributed by atoms with E-state index in [1.54, 1.807) is 6.92 Å². The van der Waals surface area contributed by atoms with Crippen molar-refractivity contribution >= 4 is 11.8 Å². The summed E-state index contributed by atoms with van der Waals surface area (Å²) in [6, 6.07) is 12.1. The van der Waals surface area contributed by atoms with Crippen LogP contribution in [0.15, 0.2) is 42.6 Å². The van der Waals surface area contributed by atoms with Crippen LogP contribution < -0.4 is 5.73 Å². The van der Waals surface area contributed by atoms with Crippen molar-refractivity contribution in [2.24, 2.45) is 17.6 Å². The maximum absolute atomic E-state index is 13.1. The molecule has 2 saturated heterocycles. The van der Waals surface area contributed by atoms with Gasteiger partial charge in [0.25, 0.3) is 5.91 Å². The molecule has 29 heavy (non-hydrogen) atoms. The summed E-state index contributed by atoms with van der Waals surface area (Å²) < 4.78 is 0. The van der Waals surface area contributed by atoms with Crippen LogP contribution in [0.3, 0.4) is 0 Å². The van der Waals surface area contributed by atoms with E-state index in [0.717, 1.165) is 45.6 Å². The van der Waals surface area contributed by atoms with Crippen LogP contribution in [-0.2, 0) is 6.42 Å². The molecule has 1 aromatic carbocycles. The fraction of sp³-hybridized carbons (Fsp3) is 0.435. The van der Waals surface area contributed by atoms with E-state index in [-0.39, 0.29) is 11.5 Å². The molecule has 6 heteroatoms. The van der Waals surface area contributed by atoms with Gasteiger partial charge in [-0.25, -0.2) is 0 Å². The van der Waals surface area contributed by atoms with Gasteiger partial charge in [0, 0.05) is 32.4 Å². The number of carbonyl (C=O) groups excluding carboxylic acids is 2.